The number of benzene rings is 3. The Morgan fingerprint density at radius 2 is 1.45 bits per heavy atom. The smallest absolute Gasteiger partial charge is 0.282 e. The van der Waals surface area contributed by atoms with Crippen LogP contribution < -0.4 is 10.6 Å². The number of hydrogen-bond donors (Lipinski definition) is 2. The minimum atomic E-state index is -0.823. The lowest BCUT2D eigenvalue weighted by Gasteiger charge is -2.28. The second-order valence-corrected chi connectivity index (χ2v) is 7.21. The fourth-order valence-electron chi connectivity index (χ4n) is 3.83. The molecule has 1 amide bonds. The van der Waals surface area contributed by atoms with Gasteiger partial charge in [-0.1, -0.05) is 78.9 Å². The zero-order valence-electron chi connectivity index (χ0n) is 16.9. The maximum Gasteiger partial charge on any atom is 0.282 e. The number of anilines is 1. The van der Waals surface area contributed by atoms with Crippen LogP contribution in [0.1, 0.15) is 24.0 Å². The van der Waals surface area contributed by atoms with E-state index in [1.54, 1.807) is 19.1 Å². The first-order valence-electron chi connectivity index (χ1n) is 9.89. The lowest BCUT2D eigenvalue weighted by molar-refractivity contribution is -0.428. The van der Waals surface area contributed by atoms with Crippen molar-refractivity contribution in [3.63, 3.8) is 0 Å². The van der Waals surface area contributed by atoms with E-state index in [9.17, 15) is 14.9 Å². The number of carbonyl (C=O) groups is 1. The summed E-state index contributed by atoms with van der Waals surface area (Å²) < 4.78 is 0. The van der Waals surface area contributed by atoms with Crippen LogP contribution in [0.5, 0.6) is 0 Å². The van der Waals surface area contributed by atoms with Gasteiger partial charge in [-0.3, -0.25) is 14.9 Å². The Labute approximate surface area is 180 Å². The highest BCUT2D eigenvalue weighted by atomic mass is 16.6. The van der Waals surface area contributed by atoms with Gasteiger partial charge in [0.2, 0.25) is 0 Å². The van der Waals surface area contributed by atoms with Crippen LogP contribution in [0, 0.1) is 10.1 Å². The molecule has 0 saturated carbocycles. The number of carbonyl (C=O) groups excluding carboxylic acids is 1. The molecule has 4 rings (SSSR count). The molecule has 0 aromatic heterocycles. The third kappa shape index (κ3) is 4.09. The van der Waals surface area contributed by atoms with E-state index in [4.69, 9.17) is 0 Å². The molecule has 6 heteroatoms. The summed E-state index contributed by atoms with van der Waals surface area (Å²) in [6.07, 6.45) is 0. The molecule has 6 nitrogen and oxygen atoms in total. The topological polar surface area (TPSA) is 84.3 Å². The number of nitrogens with one attached hydrogen (secondary N) is 2. The van der Waals surface area contributed by atoms with Gasteiger partial charge in [-0.15, -0.1) is 0 Å². The summed E-state index contributed by atoms with van der Waals surface area (Å²) in [4.78, 5) is 25.2. The molecule has 0 aliphatic carbocycles. The zero-order valence-corrected chi connectivity index (χ0v) is 16.9. The molecular weight excluding hydrogens is 390 g/mol. The monoisotopic (exact) mass is 411 g/mol. The SMILES string of the molecule is CC1=C(C(=O)Nc2ccccc2)C(c2ccccc2)C([N+](=O)[O-])=C(c2ccccc2)N1. The van der Waals surface area contributed by atoms with E-state index < -0.39 is 10.8 Å². The Kier molecular flexibility index (Phi) is 5.62. The van der Waals surface area contributed by atoms with Crippen LogP contribution in [-0.4, -0.2) is 10.8 Å². The summed E-state index contributed by atoms with van der Waals surface area (Å²) in [7, 11) is 0. The van der Waals surface area contributed by atoms with Crippen molar-refractivity contribution < 1.29 is 9.72 Å². The maximum absolute atomic E-state index is 13.3. The number of nitro groups is 1. The second kappa shape index (κ2) is 8.67. The molecule has 2 N–H and O–H groups in total. The fraction of sp³-hybridized carbons (Fsp3) is 0.0800. The van der Waals surface area contributed by atoms with Crippen molar-refractivity contribution in [3.05, 3.63) is 129 Å². The van der Waals surface area contributed by atoms with Crippen molar-refractivity contribution in [1.29, 1.82) is 0 Å². The molecule has 0 bridgehead atoms. The molecule has 0 spiro atoms. The van der Waals surface area contributed by atoms with Gasteiger partial charge in [-0.05, 0) is 24.6 Å². The molecule has 0 fully saturated rings. The van der Waals surface area contributed by atoms with Crippen LogP contribution in [0.15, 0.2) is 108 Å². The minimum Gasteiger partial charge on any atom is -0.353 e. The Bertz CT molecular complexity index is 1170. The number of para-hydroxylation sites is 1. The second-order valence-electron chi connectivity index (χ2n) is 7.21. The van der Waals surface area contributed by atoms with E-state index in [0.29, 0.717) is 33.8 Å². The Balaban J connectivity index is 1.87. The van der Waals surface area contributed by atoms with Crippen molar-refractivity contribution in [2.75, 3.05) is 5.32 Å². The van der Waals surface area contributed by atoms with Crippen LogP contribution >= 0.6 is 0 Å². The molecule has 1 aliphatic heterocycles. The molecule has 1 atom stereocenters. The van der Waals surface area contributed by atoms with Gasteiger partial charge in [-0.25, -0.2) is 0 Å². The van der Waals surface area contributed by atoms with Gasteiger partial charge >= 0.3 is 0 Å². The normalized spacial score (nSPS) is 16.0. The lowest BCUT2D eigenvalue weighted by Crippen LogP contribution is -2.33. The van der Waals surface area contributed by atoms with Crippen LogP contribution in [0.2, 0.25) is 0 Å². The summed E-state index contributed by atoms with van der Waals surface area (Å²) in [5, 5.41) is 18.3. The highest BCUT2D eigenvalue weighted by Gasteiger charge is 2.41. The van der Waals surface area contributed by atoms with Crippen LogP contribution in [0.25, 0.3) is 5.70 Å². The molecule has 0 radical (unpaired) electrons. The van der Waals surface area contributed by atoms with Crippen LogP contribution in [0.4, 0.5) is 5.69 Å². The third-order valence-corrected chi connectivity index (χ3v) is 5.20. The summed E-state index contributed by atoms with van der Waals surface area (Å²) in [5.41, 5.74) is 3.24. The molecule has 154 valence electrons. The summed E-state index contributed by atoms with van der Waals surface area (Å²) in [6, 6.07) is 27.3. The van der Waals surface area contributed by atoms with E-state index in [-0.39, 0.29) is 11.6 Å². The number of nitrogens with zero attached hydrogens (tertiary/aromatic N) is 1. The van der Waals surface area contributed by atoms with Gasteiger partial charge in [0.1, 0.15) is 11.6 Å². The Morgan fingerprint density at radius 3 is 2.03 bits per heavy atom. The fourth-order valence-corrected chi connectivity index (χ4v) is 3.83. The van der Waals surface area contributed by atoms with Crippen LogP contribution in [0.3, 0.4) is 0 Å². The first-order chi connectivity index (χ1) is 15.1. The molecule has 1 heterocycles. The molecule has 1 aliphatic rings. The summed E-state index contributed by atoms with van der Waals surface area (Å²) >= 11 is 0. The van der Waals surface area contributed by atoms with E-state index in [1.165, 1.54) is 0 Å². The molecule has 0 saturated heterocycles. The van der Waals surface area contributed by atoms with E-state index in [0.717, 1.165) is 0 Å². The number of hydrogen-bond acceptors (Lipinski definition) is 4. The predicted molar refractivity (Wildman–Crippen MR) is 120 cm³/mol. The number of amides is 1. The maximum atomic E-state index is 13.3. The van der Waals surface area contributed by atoms with E-state index >= 15 is 0 Å². The number of allylic oxidation sites excluding steroid dienone is 2. The van der Waals surface area contributed by atoms with Crippen molar-refractivity contribution in [2.45, 2.75) is 12.8 Å². The van der Waals surface area contributed by atoms with Gasteiger partial charge < -0.3 is 10.6 Å². The average Bonchev–Trinajstić information content (AvgIpc) is 2.79. The summed E-state index contributed by atoms with van der Waals surface area (Å²) in [6.45, 7) is 1.77. The highest BCUT2D eigenvalue weighted by Crippen LogP contribution is 2.41. The number of dihydropyridines is 1. The third-order valence-electron chi connectivity index (χ3n) is 5.20. The molecular formula is C25H21N3O3. The molecule has 31 heavy (non-hydrogen) atoms. The highest BCUT2D eigenvalue weighted by molar-refractivity contribution is 6.06. The first-order valence-corrected chi connectivity index (χ1v) is 9.89. The summed E-state index contributed by atoms with van der Waals surface area (Å²) in [5.74, 6) is -1.20. The van der Waals surface area contributed by atoms with Gasteiger partial charge in [0, 0.05) is 16.9 Å². The van der Waals surface area contributed by atoms with Crippen molar-refractivity contribution in [3.8, 4) is 0 Å². The standard InChI is InChI=1S/C25H21N3O3/c1-17-21(25(29)27-20-15-9-4-10-16-20)22(18-11-5-2-6-12-18)24(28(30)31)23(26-17)19-13-7-3-8-14-19/h2-16,22,26H,1H3,(H,27,29). The Morgan fingerprint density at radius 1 is 0.903 bits per heavy atom. The molecule has 1 unspecified atom stereocenters. The first kappa shape index (κ1) is 20.1. The average molecular weight is 411 g/mol. The van der Waals surface area contributed by atoms with Gasteiger partial charge in [-0.2, -0.15) is 0 Å². The minimum absolute atomic E-state index is 0.0544. The lowest BCUT2D eigenvalue weighted by atomic mass is 9.82. The van der Waals surface area contributed by atoms with Gasteiger partial charge in [0.15, 0.2) is 0 Å². The van der Waals surface area contributed by atoms with Crippen LogP contribution in [-0.2, 0) is 4.79 Å². The van der Waals surface area contributed by atoms with E-state index in [1.807, 2.05) is 78.9 Å². The largest absolute Gasteiger partial charge is 0.353 e. The van der Waals surface area contributed by atoms with Gasteiger partial charge in [0.05, 0.1) is 10.5 Å². The quantitative estimate of drug-likeness (QED) is 0.460. The molecule has 3 aromatic carbocycles. The number of rotatable bonds is 5. The van der Waals surface area contributed by atoms with Crippen molar-refractivity contribution in [1.82, 2.24) is 5.32 Å². The Hall–Kier alpha value is -4.19. The predicted octanol–water partition coefficient (Wildman–Crippen LogP) is 4.93. The van der Waals surface area contributed by atoms with Gasteiger partial charge in [0.25, 0.3) is 11.6 Å². The van der Waals surface area contributed by atoms with E-state index in [2.05, 4.69) is 10.6 Å². The van der Waals surface area contributed by atoms with Crippen molar-refractivity contribution >= 4 is 17.3 Å². The molecule has 3 aromatic rings. The van der Waals surface area contributed by atoms with Crippen molar-refractivity contribution in [2.24, 2.45) is 0 Å². The zero-order chi connectivity index (χ0) is 21.8.